The van der Waals surface area contributed by atoms with Crippen LogP contribution in [0.1, 0.15) is 94.9 Å². The molecule has 18 atom stereocenters. The lowest BCUT2D eigenvalue weighted by molar-refractivity contribution is -0.318. The van der Waals surface area contributed by atoms with Crippen molar-refractivity contribution in [3.63, 3.8) is 0 Å². The van der Waals surface area contributed by atoms with E-state index in [0.717, 1.165) is 0 Å². The van der Waals surface area contributed by atoms with Crippen LogP contribution in [0.15, 0.2) is 12.7 Å². The van der Waals surface area contributed by atoms with Gasteiger partial charge in [0.2, 0.25) is 0 Å². The molecule has 0 bridgehead atoms. The third-order valence-electron chi connectivity index (χ3n) is 12.8. The summed E-state index contributed by atoms with van der Waals surface area (Å²) in [6.45, 7) is 21.7. The number of hydrogen-bond donors (Lipinski definition) is 5. The highest BCUT2D eigenvalue weighted by atomic mass is 16.7. The van der Waals surface area contributed by atoms with E-state index in [0.29, 0.717) is 13.0 Å². The van der Waals surface area contributed by atoms with E-state index < -0.39 is 102 Å². The Hall–Kier alpha value is -1.96. The predicted octanol–water partition coefficient (Wildman–Crippen LogP) is 2.82. The smallest absolute Gasteiger partial charge is 0.407 e. The molecule has 5 N–H and O–H groups in total. The number of rotatable bonds is 10. The van der Waals surface area contributed by atoms with Gasteiger partial charge >= 0.3 is 12.1 Å². The fourth-order valence-corrected chi connectivity index (χ4v) is 9.25. The molecule has 0 aromatic carbocycles. The Morgan fingerprint density at radius 1 is 1.03 bits per heavy atom. The molecular weight excluding hydrogens is 754 g/mol. The van der Waals surface area contributed by atoms with Crippen molar-refractivity contribution in [3.8, 4) is 0 Å². The van der Waals surface area contributed by atoms with Gasteiger partial charge < -0.3 is 63.8 Å². The number of aliphatic hydroxyl groups excluding tert-OH is 2. The SMILES string of the molecule is C=CCNC(=O)O[C@@H]1[C@H](C)N(C)C[C@H](C)C[C@@](C)(O)[C@H](O[C@@H]2O[C@H](C)C[C@H](N(C)C)[C@H]2O)[C@@H](C)[C@H](O[C@H]2C[C@@](C)(OC)[C@@H](O)[C@H](C)O2)[C@@H](C)C(=O)O[C@@H](CC)[C@@]1(C)O. The van der Waals surface area contributed by atoms with Gasteiger partial charge in [0, 0.05) is 44.6 Å². The molecule has 3 heterocycles. The van der Waals surface area contributed by atoms with Crippen LogP contribution in [0, 0.1) is 17.8 Å². The lowest BCUT2D eigenvalue weighted by Gasteiger charge is -2.48. The Morgan fingerprint density at radius 2 is 1.67 bits per heavy atom. The molecule has 3 aliphatic rings. The van der Waals surface area contributed by atoms with Crippen LogP contribution in [-0.4, -0.2) is 174 Å². The Morgan fingerprint density at radius 3 is 2.24 bits per heavy atom. The van der Waals surface area contributed by atoms with E-state index in [9.17, 15) is 30.0 Å². The van der Waals surface area contributed by atoms with Gasteiger partial charge in [0.25, 0.3) is 0 Å². The third kappa shape index (κ3) is 11.9. The summed E-state index contributed by atoms with van der Waals surface area (Å²) in [6.07, 6.45) is -7.86. The maximum atomic E-state index is 14.5. The van der Waals surface area contributed by atoms with E-state index in [1.807, 2.05) is 58.6 Å². The quantitative estimate of drug-likeness (QED) is 0.159. The van der Waals surface area contributed by atoms with E-state index in [1.54, 1.807) is 34.6 Å². The van der Waals surface area contributed by atoms with Gasteiger partial charge in [0.1, 0.15) is 23.9 Å². The minimum absolute atomic E-state index is 0.106. The first-order valence-electron chi connectivity index (χ1n) is 20.9. The topological polar surface area (TPSA) is 198 Å². The van der Waals surface area contributed by atoms with Crippen LogP contribution in [0.2, 0.25) is 0 Å². The van der Waals surface area contributed by atoms with Gasteiger partial charge in [-0.25, -0.2) is 4.79 Å². The molecule has 3 fully saturated rings. The number of ether oxygens (including phenoxy) is 7. The number of hydrogen-bond acceptors (Lipinski definition) is 15. The number of amides is 1. The summed E-state index contributed by atoms with van der Waals surface area (Å²) in [5.41, 5.74) is -4.54. The van der Waals surface area contributed by atoms with Gasteiger partial charge in [-0.05, 0) is 94.8 Å². The summed E-state index contributed by atoms with van der Waals surface area (Å²) in [5.74, 6) is -2.79. The van der Waals surface area contributed by atoms with Crippen LogP contribution in [0.3, 0.4) is 0 Å². The zero-order chi connectivity index (χ0) is 44.1. The number of esters is 1. The highest BCUT2D eigenvalue weighted by Crippen LogP contribution is 2.40. The van der Waals surface area contributed by atoms with Gasteiger partial charge in [0.05, 0.1) is 41.5 Å². The summed E-state index contributed by atoms with van der Waals surface area (Å²) in [7, 11) is 7.09. The van der Waals surface area contributed by atoms with E-state index >= 15 is 0 Å². The summed E-state index contributed by atoms with van der Waals surface area (Å²) >= 11 is 0. The van der Waals surface area contributed by atoms with Crippen molar-refractivity contribution in [3.05, 3.63) is 12.7 Å². The second-order valence-corrected chi connectivity index (χ2v) is 18.2. The normalized spacial score (nSPS) is 45.4. The number of nitrogens with zero attached hydrogens (tertiary/aromatic N) is 2. The van der Waals surface area contributed by atoms with Crippen molar-refractivity contribution in [2.24, 2.45) is 17.8 Å². The summed E-state index contributed by atoms with van der Waals surface area (Å²) in [5, 5.41) is 50.2. The van der Waals surface area contributed by atoms with Crippen LogP contribution in [0.5, 0.6) is 0 Å². The second kappa shape index (κ2) is 20.7. The van der Waals surface area contributed by atoms with Gasteiger partial charge in [-0.1, -0.05) is 26.8 Å². The molecule has 3 aliphatic heterocycles. The Balaban J connectivity index is 2.21. The number of aliphatic hydroxyl groups is 4. The van der Waals surface area contributed by atoms with Gasteiger partial charge in [-0.15, -0.1) is 6.58 Å². The first-order chi connectivity index (χ1) is 26.8. The van der Waals surface area contributed by atoms with Crippen LogP contribution in [-0.2, 0) is 38.0 Å². The minimum Gasteiger partial charge on any atom is -0.459 e. The van der Waals surface area contributed by atoms with Gasteiger partial charge in [-0.3, -0.25) is 9.69 Å². The van der Waals surface area contributed by atoms with E-state index in [-0.39, 0.29) is 43.9 Å². The first kappa shape index (κ1) is 50.4. The molecule has 0 aromatic heterocycles. The number of alkyl carbamates (subject to hydrolysis) is 1. The molecule has 0 spiro atoms. The molecule has 338 valence electrons. The molecule has 0 aromatic rings. The maximum Gasteiger partial charge on any atom is 0.407 e. The molecule has 16 heteroatoms. The molecule has 1 amide bonds. The third-order valence-corrected chi connectivity index (χ3v) is 12.8. The summed E-state index contributed by atoms with van der Waals surface area (Å²) in [4.78, 5) is 31.4. The maximum absolute atomic E-state index is 14.5. The number of carbonyl (C=O) groups excluding carboxylic acids is 2. The average molecular weight is 832 g/mol. The van der Waals surface area contributed by atoms with Crippen molar-refractivity contribution < 1.29 is 63.2 Å². The van der Waals surface area contributed by atoms with Crippen molar-refractivity contribution >= 4 is 12.1 Å². The van der Waals surface area contributed by atoms with Crippen molar-refractivity contribution in [2.45, 2.75) is 185 Å². The van der Waals surface area contributed by atoms with Crippen molar-refractivity contribution in [2.75, 3.05) is 41.3 Å². The van der Waals surface area contributed by atoms with Crippen LogP contribution >= 0.6 is 0 Å². The minimum atomic E-state index is -1.88. The van der Waals surface area contributed by atoms with Gasteiger partial charge in [0.15, 0.2) is 18.7 Å². The average Bonchev–Trinajstić information content (AvgIpc) is 3.14. The Bertz CT molecular complexity index is 1340. The molecule has 0 aliphatic carbocycles. The van der Waals surface area contributed by atoms with Crippen molar-refractivity contribution in [1.29, 1.82) is 0 Å². The lowest BCUT2D eigenvalue weighted by Crippen LogP contribution is -2.61. The molecule has 0 unspecified atom stereocenters. The van der Waals surface area contributed by atoms with Crippen LogP contribution in [0.4, 0.5) is 4.79 Å². The van der Waals surface area contributed by atoms with E-state index in [4.69, 9.17) is 33.2 Å². The molecule has 58 heavy (non-hydrogen) atoms. The Labute approximate surface area is 346 Å². The fourth-order valence-electron chi connectivity index (χ4n) is 9.25. The van der Waals surface area contributed by atoms with Crippen molar-refractivity contribution in [1.82, 2.24) is 15.1 Å². The number of methoxy groups -OCH3 is 1. The fraction of sp³-hybridized carbons (Fsp3) is 0.905. The first-order valence-corrected chi connectivity index (χ1v) is 20.9. The van der Waals surface area contributed by atoms with Crippen LogP contribution < -0.4 is 5.32 Å². The van der Waals surface area contributed by atoms with Gasteiger partial charge in [-0.2, -0.15) is 0 Å². The highest BCUT2D eigenvalue weighted by molar-refractivity contribution is 5.73. The predicted molar refractivity (Wildman–Crippen MR) is 217 cm³/mol. The molecule has 0 radical (unpaired) electrons. The number of carbonyl (C=O) groups is 2. The molecule has 16 nitrogen and oxygen atoms in total. The van der Waals surface area contributed by atoms with Crippen LogP contribution in [0.25, 0.3) is 0 Å². The summed E-state index contributed by atoms with van der Waals surface area (Å²) in [6, 6.07) is -0.894. The second-order valence-electron chi connectivity index (χ2n) is 18.2. The zero-order valence-electron chi connectivity index (χ0n) is 37.5. The van der Waals surface area contributed by atoms with E-state index in [1.165, 1.54) is 20.1 Å². The molecular formula is C42H77N3O13. The molecule has 0 saturated carbocycles. The standard InChI is InChI=1S/C42H77N3O13/c1-16-18-43-39(49)58-36-27(7)45(14)22-23(3)20-40(9,50)35(57-38-32(46)29(44(12)13)19-24(4)53-38)25(5)33(26(6)37(48)55-30(17-2)42(36,11)51)56-31-21-41(10,52-15)34(47)28(8)54-31/h16,23-36,38,46-47,50-51H,1,17-22H2,2-15H3,(H,43,49)/t23-,24-,25+,26-,27+,28+,29+,30+,31+,32-,33+,34+,35-,36-,38+,40-,41-,42-/m1/s1. The Kier molecular flexibility index (Phi) is 18.0. The molecule has 3 saturated heterocycles. The highest BCUT2D eigenvalue weighted by Gasteiger charge is 2.53. The molecule has 3 rings (SSSR count). The summed E-state index contributed by atoms with van der Waals surface area (Å²) < 4.78 is 43.8. The van der Waals surface area contributed by atoms with E-state index in [2.05, 4.69) is 11.9 Å². The monoisotopic (exact) mass is 832 g/mol. The number of likely N-dealkylation sites (N-methyl/N-ethyl adjacent to an activating group) is 2. The number of cyclic esters (lactones) is 1. The largest absolute Gasteiger partial charge is 0.459 e. The zero-order valence-corrected chi connectivity index (χ0v) is 37.5. The number of nitrogens with one attached hydrogen (secondary N) is 1. The lowest BCUT2D eigenvalue weighted by atomic mass is 9.77.